The number of hydrogen-bond donors (Lipinski definition) is 1. The third-order valence-electron chi connectivity index (χ3n) is 5.79. The number of rotatable bonds is 5. The van der Waals surface area contributed by atoms with Crippen molar-refractivity contribution in [1.82, 2.24) is 9.21 Å². The summed E-state index contributed by atoms with van der Waals surface area (Å²) in [6.07, 6.45) is 0.130. The van der Waals surface area contributed by atoms with Crippen molar-refractivity contribution < 1.29 is 22.7 Å². The van der Waals surface area contributed by atoms with Crippen LogP contribution in [0.4, 0.5) is 5.69 Å². The first-order valence-corrected chi connectivity index (χ1v) is 11.6. The number of anilines is 1. The fourth-order valence-electron chi connectivity index (χ4n) is 4.09. The molecule has 2 aliphatic rings. The van der Waals surface area contributed by atoms with E-state index in [1.54, 1.807) is 24.1 Å². The average molecular weight is 444 g/mol. The highest BCUT2D eigenvalue weighted by Crippen LogP contribution is 2.37. The zero-order chi connectivity index (χ0) is 22.0. The smallest absolute Gasteiger partial charge is 0.243 e. The van der Waals surface area contributed by atoms with Gasteiger partial charge in [-0.25, -0.2) is 8.42 Å². The molecule has 2 amide bonds. The van der Waals surface area contributed by atoms with Gasteiger partial charge in [-0.2, -0.15) is 4.31 Å². The van der Waals surface area contributed by atoms with Crippen LogP contribution in [0.3, 0.4) is 0 Å². The summed E-state index contributed by atoms with van der Waals surface area (Å²) in [5.74, 6) is -0.882. The second-order valence-electron chi connectivity index (χ2n) is 7.70. The standard InChI is InChI=1S/C22H25N3O5S/c1-24-20(26)15-19(21(24)16-5-3-2-4-6-16)22(27)23-17-7-9-18(10-8-17)31(28,29)25-11-13-30-14-12-25/h2-10,19,21H,11-15H2,1H3,(H,23,27). The van der Waals surface area contributed by atoms with Gasteiger partial charge >= 0.3 is 0 Å². The lowest BCUT2D eigenvalue weighted by Gasteiger charge is -2.26. The number of benzene rings is 2. The van der Waals surface area contributed by atoms with Crippen molar-refractivity contribution in [3.05, 3.63) is 60.2 Å². The highest BCUT2D eigenvalue weighted by atomic mass is 32.2. The minimum Gasteiger partial charge on any atom is -0.379 e. The number of likely N-dealkylation sites (tertiary alicyclic amines) is 1. The largest absolute Gasteiger partial charge is 0.379 e. The highest BCUT2D eigenvalue weighted by molar-refractivity contribution is 7.89. The molecule has 0 aliphatic carbocycles. The monoisotopic (exact) mass is 443 g/mol. The Kier molecular flexibility index (Phi) is 6.08. The van der Waals surface area contributed by atoms with Gasteiger partial charge in [-0.05, 0) is 29.8 Å². The van der Waals surface area contributed by atoms with Gasteiger partial charge in [0.05, 0.1) is 30.1 Å². The molecule has 2 atom stereocenters. The number of hydrogen-bond acceptors (Lipinski definition) is 5. The normalized spacial score (nSPS) is 22.5. The van der Waals surface area contributed by atoms with Gasteiger partial charge < -0.3 is 15.0 Å². The summed E-state index contributed by atoms with van der Waals surface area (Å²) >= 11 is 0. The van der Waals surface area contributed by atoms with E-state index in [9.17, 15) is 18.0 Å². The molecule has 2 fully saturated rings. The summed E-state index contributed by atoms with van der Waals surface area (Å²) in [5, 5.41) is 2.84. The first kappa shape index (κ1) is 21.5. The van der Waals surface area contributed by atoms with Gasteiger partial charge in [0.15, 0.2) is 0 Å². The van der Waals surface area contributed by atoms with Crippen molar-refractivity contribution in [2.75, 3.05) is 38.7 Å². The van der Waals surface area contributed by atoms with E-state index in [0.29, 0.717) is 32.0 Å². The maximum atomic E-state index is 13.0. The second kappa shape index (κ2) is 8.78. The molecule has 9 heteroatoms. The zero-order valence-electron chi connectivity index (χ0n) is 17.2. The van der Waals surface area contributed by atoms with E-state index in [-0.39, 0.29) is 29.2 Å². The maximum Gasteiger partial charge on any atom is 0.243 e. The van der Waals surface area contributed by atoms with Crippen LogP contribution < -0.4 is 5.32 Å². The quantitative estimate of drug-likeness (QED) is 0.761. The molecule has 0 radical (unpaired) electrons. The van der Waals surface area contributed by atoms with Crippen molar-refractivity contribution in [2.24, 2.45) is 5.92 Å². The molecule has 2 aromatic carbocycles. The number of nitrogens with one attached hydrogen (secondary N) is 1. The number of amides is 2. The van der Waals surface area contributed by atoms with Gasteiger partial charge in [0.25, 0.3) is 0 Å². The number of carbonyl (C=O) groups is 2. The molecule has 2 unspecified atom stereocenters. The van der Waals surface area contributed by atoms with Gasteiger partial charge in [0, 0.05) is 32.2 Å². The summed E-state index contributed by atoms with van der Waals surface area (Å²) < 4.78 is 32.1. The Morgan fingerprint density at radius 2 is 1.68 bits per heavy atom. The fourth-order valence-corrected chi connectivity index (χ4v) is 5.50. The topological polar surface area (TPSA) is 96.0 Å². The number of carbonyl (C=O) groups excluding carboxylic acids is 2. The van der Waals surface area contributed by atoms with Crippen molar-refractivity contribution in [3.8, 4) is 0 Å². The van der Waals surface area contributed by atoms with Crippen molar-refractivity contribution in [1.29, 1.82) is 0 Å². The summed E-state index contributed by atoms with van der Waals surface area (Å²) in [5.41, 5.74) is 1.39. The molecule has 2 aromatic rings. The lowest BCUT2D eigenvalue weighted by Crippen LogP contribution is -2.40. The molecule has 8 nitrogen and oxygen atoms in total. The first-order valence-electron chi connectivity index (χ1n) is 10.2. The Labute approximate surface area is 181 Å². The third-order valence-corrected chi connectivity index (χ3v) is 7.71. The minimum absolute atomic E-state index is 0.0824. The molecule has 2 aliphatic heterocycles. The second-order valence-corrected chi connectivity index (χ2v) is 9.64. The van der Waals surface area contributed by atoms with Crippen molar-refractivity contribution >= 4 is 27.5 Å². The molecule has 2 heterocycles. The molecular formula is C22H25N3O5S. The van der Waals surface area contributed by atoms with Crippen LogP contribution in [-0.4, -0.2) is 62.8 Å². The van der Waals surface area contributed by atoms with Crippen molar-refractivity contribution in [2.45, 2.75) is 17.4 Å². The Hall–Kier alpha value is -2.75. The van der Waals surface area contributed by atoms with Gasteiger partial charge in [0.1, 0.15) is 0 Å². The predicted molar refractivity (Wildman–Crippen MR) is 115 cm³/mol. The van der Waals surface area contributed by atoms with Crippen LogP contribution in [-0.2, 0) is 24.3 Å². The molecule has 0 spiro atoms. The van der Waals surface area contributed by atoms with Crippen LogP contribution in [0.5, 0.6) is 0 Å². The van der Waals surface area contributed by atoms with Gasteiger partial charge in [-0.1, -0.05) is 30.3 Å². The van der Waals surface area contributed by atoms with Crippen LogP contribution in [0.15, 0.2) is 59.5 Å². The number of sulfonamides is 1. The van der Waals surface area contributed by atoms with Crippen molar-refractivity contribution in [3.63, 3.8) is 0 Å². The van der Waals surface area contributed by atoms with Crippen LogP contribution in [0.2, 0.25) is 0 Å². The molecule has 0 aromatic heterocycles. The van der Waals surface area contributed by atoms with Gasteiger partial charge in [0.2, 0.25) is 21.8 Å². The van der Waals surface area contributed by atoms with Crippen LogP contribution >= 0.6 is 0 Å². The van der Waals surface area contributed by atoms with Crippen LogP contribution in [0.1, 0.15) is 18.0 Å². The Balaban J connectivity index is 1.49. The molecule has 164 valence electrons. The molecular weight excluding hydrogens is 418 g/mol. The molecule has 1 N–H and O–H groups in total. The molecule has 2 saturated heterocycles. The Morgan fingerprint density at radius 3 is 2.32 bits per heavy atom. The van der Waals surface area contributed by atoms with E-state index in [4.69, 9.17) is 4.74 Å². The zero-order valence-corrected chi connectivity index (χ0v) is 18.0. The SMILES string of the molecule is CN1C(=O)CC(C(=O)Nc2ccc(S(=O)(=O)N3CCOCC3)cc2)C1c1ccccc1. The maximum absolute atomic E-state index is 13.0. The summed E-state index contributed by atoms with van der Waals surface area (Å²) in [6, 6.07) is 15.3. The minimum atomic E-state index is -3.59. The first-order chi connectivity index (χ1) is 14.9. The van der Waals surface area contributed by atoms with E-state index < -0.39 is 15.9 Å². The lowest BCUT2D eigenvalue weighted by atomic mass is 9.93. The van der Waals surface area contributed by atoms with Crippen LogP contribution in [0, 0.1) is 5.92 Å². The molecule has 31 heavy (non-hydrogen) atoms. The van der Waals surface area contributed by atoms with E-state index in [1.807, 2.05) is 30.3 Å². The lowest BCUT2D eigenvalue weighted by molar-refractivity contribution is -0.127. The van der Waals surface area contributed by atoms with E-state index >= 15 is 0 Å². The van der Waals surface area contributed by atoms with E-state index in [2.05, 4.69) is 5.32 Å². The van der Waals surface area contributed by atoms with Gasteiger partial charge in [-0.3, -0.25) is 9.59 Å². The summed E-state index contributed by atoms with van der Waals surface area (Å²) in [6.45, 7) is 1.41. The Morgan fingerprint density at radius 1 is 1.03 bits per heavy atom. The highest BCUT2D eigenvalue weighted by Gasteiger charge is 2.42. The van der Waals surface area contributed by atoms with Gasteiger partial charge in [-0.15, -0.1) is 0 Å². The number of morpholine rings is 1. The van der Waals surface area contributed by atoms with Crippen LogP contribution in [0.25, 0.3) is 0 Å². The average Bonchev–Trinajstić information content (AvgIpc) is 3.10. The molecule has 4 rings (SSSR count). The summed E-state index contributed by atoms with van der Waals surface area (Å²) in [4.78, 5) is 27.1. The predicted octanol–water partition coefficient (Wildman–Crippen LogP) is 1.87. The van der Waals surface area contributed by atoms with E-state index in [0.717, 1.165) is 5.56 Å². The fraction of sp³-hybridized carbons (Fsp3) is 0.364. The molecule has 0 bridgehead atoms. The third kappa shape index (κ3) is 4.34. The molecule has 0 saturated carbocycles. The number of nitrogens with zero attached hydrogens (tertiary/aromatic N) is 2. The summed E-state index contributed by atoms with van der Waals surface area (Å²) in [7, 11) is -1.89. The van der Waals surface area contributed by atoms with E-state index in [1.165, 1.54) is 16.4 Å². The number of ether oxygens (including phenoxy) is 1. The Bertz CT molecular complexity index is 1050.